The summed E-state index contributed by atoms with van der Waals surface area (Å²) in [7, 11) is -0.871. The highest BCUT2D eigenvalue weighted by Crippen LogP contribution is 2.29. The summed E-state index contributed by atoms with van der Waals surface area (Å²) < 4.78 is 42.3. The van der Waals surface area contributed by atoms with E-state index in [1.165, 1.54) is 24.6 Å². The van der Waals surface area contributed by atoms with Crippen molar-refractivity contribution in [3.63, 3.8) is 0 Å². The summed E-state index contributed by atoms with van der Waals surface area (Å²) in [5.41, 5.74) is 3.74. The smallest absolute Gasteiger partial charge is 0.243 e. The number of aromatic nitrogens is 3. The topological polar surface area (TPSA) is 117 Å². The minimum absolute atomic E-state index is 0.00633. The Morgan fingerprint density at radius 2 is 1.88 bits per heavy atom. The summed E-state index contributed by atoms with van der Waals surface area (Å²) in [5, 5.41) is 3.40. The van der Waals surface area contributed by atoms with Crippen LogP contribution in [0.15, 0.2) is 88.6 Å². The summed E-state index contributed by atoms with van der Waals surface area (Å²) >= 11 is 0. The molecule has 0 aliphatic carbocycles. The van der Waals surface area contributed by atoms with E-state index in [2.05, 4.69) is 20.2 Å². The summed E-state index contributed by atoms with van der Waals surface area (Å²) in [5.74, 6) is -0.264. The maximum absolute atomic E-state index is 13.8. The van der Waals surface area contributed by atoms with Crippen molar-refractivity contribution in [2.75, 3.05) is 20.1 Å². The lowest BCUT2D eigenvalue weighted by Crippen LogP contribution is -2.51. The van der Waals surface area contributed by atoms with Crippen LogP contribution < -0.4 is 5.32 Å². The van der Waals surface area contributed by atoms with Gasteiger partial charge in [-0.05, 0) is 55.1 Å². The van der Waals surface area contributed by atoms with Gasteiger partial charge in [-0.25, -0.2) is 18.4 Å². The third-order valence-corrected chi connectivity index (χ3v) is 9.36. The molecule has 0 saturated carbocycles. The van der Waals surface area contributed by atoms with E-state index < -0.39 is 9.73 Å². The van der Waals surface area contributed by atoms with Gasteiger partial charge in [0, 0.05) is 40.6 Å². The second-order valence-electron chi connectivity index (χ2n) is 9.94. The van der Waals surface area contributed by atoms with Crippen LogP contribution in [-0.4, -0.2) is 54.9 Å². The molecule has 0 bridgehead atoms. The minimum Gasteiger partial charge on any atom is -0.443 e. The largest absolute Gasteiger partial charge is 0.443 e. The molecule has 40 heavy (non-hydrogen) atoms. The van der Waals surface area contributed by atoms with Crippen LogP contribution in [0, 0.1) is 10.6 Å². The van der Waals surface area contributed by atoms with Gasteiger partial charge in [0.25, 0.3) is 0 Å². The Labute approximate surface area is 230 Å². The second kappa shape index (κ2) is 10.3. The Morgan fingerprint density at radius 1 is 1.10 bits per heavy atom. The standard InChI is InChI=1S/C29H27FN6O3S/c1-35-16-25(17-35)40(31,38)24-7-3-19(4-8-24)20-2-6-23(33-14-20)15-34-28(37)18-36-26-9-5-22(30)12-21(26)13-27(36)29-32-10-11-39-29/h2-14,25,31H,15-18H2,1H3,(H,34,37). The SMILES string of the molecule is CN1CC(S(=N)(=O)c2ccc(-c3ccc(CNC(=O)Cn4c(-c5ncco5)cc5cc(F)ccc54)nc3)cc2)C1. The molecular weight excluding hydrogens is 531 g/mol. The minimum atomic E-state index is -2.83. The van der Waals surface area contributed by atoms with E-state index in [1.807, 2.05) is 31.3 Å². The number of nitrogens with zero attached hydrogens (tertiary/aromatic N) is 4. The number of hydrogen-bond acceptors (Lipinski definition) is 7. The van der Waals surface area contributed by atoms with Crippen molar-refractivity contribution in [1.82, 2.24) is 24.8 Å². The van der Waals surface area contributed by atoms with Gasteiger partial charge in [-0.15, -0.1) is 0 Å². The molecule has 1 atom stereocenters. The number of carbonyl (C=O) groups excluding carboxylic acids is 1. The number of rotatable bonds is 8. The normalized spacial score (nSPS) is 15.6. The molecule has 2 aromatic carbocycles. The molecule has 3 aromatic heterocycles. The molecule has 9 nitrogen and oxygen atoms in total. The molecule has 1 saturated heterocycles. The molecule has 1 aliphatic heterocycles. The number of amides is 1. The highest BCUT2D eigenvalue weighted by Gasteiger charge is 2.33. The molecule has 11 heteroatoms. The monoisotopic (exact) mass is 558 g/mol. The second-order valence-corrected chi connectivity index (χ2v) is 12.3. The van der Waals surface area contributed by atoms with Crippen LogP contribution in [0.4, 0.5) is 4.39 Å². The molecule has 4 heterocycles. The van der Waals surface area contributed by atoms with Crippen molar-refractivity contribution in [2.24, 2.45) is 0 Å². The highest BCUT2D eigenvalue weighted by molar-refractivity contribution is 7.93. The number of oxazole rings is 1. The van der Waals surface area contributed by atoms with Crippen molar-refractivity contribution < 1.29 is 17.8 Å². The van der Waals surface area contributed by atoms with E-state index >= 15 is 0 Å². The van der Waals surface area contributed by atoms with Gasteiger partial charge in [0.2, 0.25) is 11.8 Å². The molecule has 1 aliphatic rings. The lowest BCUT2D eigenvalue weighted by atomic mass is 10.1. The molecule has 1 fully saturated rings. The number of hydrogen-bond donors (Lipinski definition) is 2. The predicted octanol–water partition coefficient (Wildman–Crippen LogP) is 4.53. The van der Waals surface area contributed by atoms with Gasteiger partial charge < -0.3 is 19.2 Å². The molecule has 1 unspecified atom stereocenters. The zero-order valence-corrected chi connectivity index (χ0v) is 22.5. The van der Waals surface area contributed by atoms with Gasteiger partial charge in [0.05, 0.1) is 33.4 Å². The predicted molar refractivity (Wildman–Crippen MR) is 149 cm³/mol. The lowest BCUT2D eigenvalue weighted by Gasteiger charge is -2.37. The molecule has 204 valence electrons. The van der Waals surface area contributed by atoms with Crippen molar-refractivity contribution in [3.8, 4) is 22.7 Å². The first-order valence-electron chi connectivity index (χ1n) is 12.7. The fourth-order valence-electron chi connectivity index (χ4n) is 4.92. The molecule has 5 aromatic rings. The molecule has 1 amide bonds. The van der Waals surface area contributed by atoms with Gasteiger partial charge in [0.1, 0.15) is 24.3 Å². The van der Waals surface area contributed by atoms with Crippen molar-refractivity contribution in [3.05, 3.63) is 90.8 Å². The van der Waals surface area contributed by atoms with Crippen molar-refractivity contribution in [1.29, 1.82) is 4.78 Å². The van der Waals surface area contributed by atoms with E-state index in [1.54, 1.807) is 35.0 Å². The summed E-state index contributed by atoms with van der Waals surface area (Å²) in [6.07, 6.45) is 4.69. The van der Waals surface area contributed by atoms with Crippen LogP contribution in [0.5, 0.6) is 0 Å². The van der Waals surface area contributed by atoms with E-state index in [0.717, 1.165) is 11.1 Å². The zero-order chi connectivity index (χ0) is 27.9. The fourth-order valence-corrected chi connectivity index (χ4v) is 6.78. The summed E-state index contributed by atoms with van der Waals surface area (Å²) in [6, 6.07) is 17.2. The maximum atomic E-state index is 13.8. The fraction of sp³-hybridized carbons (Fsp3) is 0.207. The Morgan fingerprint density at radius 3 is 2.55 bits per heavy atom. The quantitative estimate of drug-likeness (QED) is 0.289. The lowest BCUT2D eigenvalue weighted by molar-refractivity contribution is -0.121. The maximum Gasteiger partial charge on any atom is 0.243 e. The number of pyridine rings is 1. The average molecular weight is 559 g/mol. The molecule has 0 spiro atoms. The van der Waals surface area contributed by atoms with Gasteiger partial charge in [0.15, 0.2) is 0 Å². The van der Waals surface area contributed by atoms with Crippen LogP contribution >= 0.6 is 0 Å². The molecular formula is C29H27FN6O3S. The van der Waals surface area contributed by atoms with E-state index in [0.29, 0.717) is 46.2 Å². The zero-order valence-electron chi connectivity index (χ0n) is 21.7. The first-order chi connectivity index (χ1) is 19.3. The van der Waals surface area contributed by atoms with Crippen LogP contribution in [0.1, 0.15) is 5.69 Å². The summed E-state index contributed by atoms with van der Waals surface area (Å²) in [4.78, 5) is 24.2. The van der Waals surface area contributed by atoms with Gasteiger partial charge >= 0.3 is 0 Å². The van der Waals surface area contributed by atoms with Crippen molar-refractivity contribution in [2.45, 2.75) is 23.2 Å². The molecule has 2 N–H and O–H groups in total. The van der Waals surface area contributed by atoms with Crippen LogP contribution in [-0.2, 0) is 27.6 Å². The molecule has 0 radical (unpaired) electrons. The van der Waals surface area contributed by atoms with Gasteiger partial charge in [-0.2, -0.15) is 0 Å². The van der Waals surface area contributed by atoms with E-state index in [-0.39, 0.29) is 30.1 Å². The van der Waals surface area contributed by atoms with Gasteiger partial charge in [-0.3, -0.25) is 9.78 Å². The van der Waals surface area contributed by atoms with Crippen LogP contribution in [0.3, 0.4) is 0 Å². The first-order valence-corrected chi connectivity index (χ1v) is 14.4. The Hall–Kier alpha value is -4.35. The average Bonchev–Trinajstić information content (AvgIpc) is 3.59. The van der Waals surface area contributed by atoms with E-state index in [9.17, 15) is 13.4 Å². The number of halogens is 1. The van der Waals surface area contributed by atoms with Crippen LogP contribution in [0.2, 0.25) is 0 Å². The van der Waals surface area contributed by atoms with Gasteiger partial charge in [-0.1, -0.05) is 18.2 Å². The third kappa shape index (κ3) is 5.01. The number of likely N-dealkylation sites (tertiary alicyclic amines) is 1. The molecule has 6 rings (SSSR count). The number of nitrogens with one attached hydrogen (secondary N) is 2. The van der Waals surface area contributed by atoms with Crippen LogP contribution in [0.25, 0.3) is 33.6 Å². The van der Waals surface area contributed by atoms with Crippen molar-refractivity contribution >= 4 is 26.5 Å². The Balaban J connectivity index is 1.11. The highest BCUT2D eigenvalue weighted by atomic mass is 32.2. The Kier molecular flexibility index (Phi) is 6.68. The number of carbonyl (C=O) groups is 1. The van der Waals surface area contributed by atoms with E-state index in [4.69, 9.17) is 9.20 Å². The summed E-state index contributed by atoms with van der Waals surface area (Å²) in [6.45, 7) is 1.58. The third-order valence-electron chi connectivity index (χ3n) is 7.15. The number of benzene rings is 2. The number of fused-ring (bicyclic) bond motifs is 1. The Bertz CT molecular complexity index is 1780. The first kappa shape index (κ1) is 25.9.